The second kappa shape index (κ2) is 9.39. The van der Waals surface area contributed by atoms with Crippen LogP contribution in [-0.2, 0) is 29.1 Å². The van der Waals surface area contributed by atoms with Crippen molar-refractivity contribution in [1.29, 1.82) is 0 Å². The summed E-state index contributed by atoms with van der Waals surface area (Å²) in [5.41, 5.74) is 0.920. The predicted molar refractivity (Wildman–Crippen MR) is 119 cm³/mol. The number of likely N-dealkylation sites (tertiary alicyclic amines) is 1. The van der Waals surface area contributed by atoms with Crippen LogP contribution >= 0.6 is 11.6 Å². The minimum absolute atomic E-state index is 0.0787. The monoisotopic (exact) mass is 443 g/mol. The molecule has 1 aromatic carbocycles. The lowest BCUT2D eigenvalue weighted by atomic mass is 9.95. The quantitative estimate of drug-likeness (QED) is 0.711. The Kier molecular flexibility index (Phi) is 6.60. The van der Waals surface area contributed by atoms with E-state index in [9.17, 15) is 9.59 Å². The molecular weight excluding hydrogens is 414 g/mol. The average molecular weight is 444 g/mol. The highest BCUT2D eigenvalue weighted by atomic mass is 35.5. The van der Waals surface area contributed by atoms with Gasteiger partial charge in [0.1, 0.15) is 5.82 Å². The number of benzene rings is 1. The Bertz CT molecular complexity index is 949. The number of aromatic nitrogens is 3. The second-order valence-corrected chi connectivity index (χ2v) is 9.44. The smallest absolute Gasteiger partial charge is 0.227 e. The first-order valence-electron chi connectivity index (χ1n) is 11.1. The van der Waals surface area contributed by atoms with Gasteiger partial charge in [-0.3, -0.25) is 9.59 Å². The number of fused-ring (bicyclic) bond motifs is 1. The van der Waals surface area contributed by atoms with Gasteiger partial charge in [-0.2, -0.15) is 0 Å². The van der Waals surface area contributed by atoms with Crippen LogP contribution in [0, 0.1) is 5.92 Å². The highest BCUT2D eigenvalue weighted by Gasteiger charge is 2.31. The maximum Gasteiger partial charge on any atom is 0.227 e. The molecule has 0 aliphatic carbocycles. The number of carbonyl (C=O) groups excluding carboxylic acids is 2. The van der Waals surface area contributed by atoms with Crippen LogP contribution in [0.4, 0.5) is 0 Å². The fraction of sp³-hybridized carbons (Fsp3) is 0.565. The van der Waals surface area contributed by atoms with Crippen LogP contribution in [0.3, 0.4) is 0 Å². The fourth-order valence-corrected chi connectivity index (χ4v) is 4.71. The summed E-state index contributed by atoms with van der Waals surface area (Å²) in [6, 6.07) is 7.44. The van der Waals surface area contributed by atoms with Gasteiger partial charge >= 0.3 is 0 Å². The Hall–Kier alpha value is -2.41. The van der Waals surface area contributed by atoms with Crippen molar-refractivity contribution >= 4 is 23.4 Å². The van der Waals surface area contributed by atoms with E-state index in [4.69, 9.17) is 11.6 Å². The van der Waals surface area contributed by atoms with Crippen LogP contribution in [0.25, 0.3) is 0 Å². The van der Waals surface area contributed by atoms with Crippen LogP contribution < -0.4 is 0 Å². The first-order chi connectivity index (χ1) is 14.9. The molecule has 1 saturated heterocycles. The Labute approximate surface area is 188 Å². The minimum atomic E-state index is 0.0787. The molecule has 0 unspecified atom stereocenters. The molecular formula is C23H30ClN5O2. The zero-order valence-electron chi connectivity index (χ0n) is 18.3. The van der Waals surface area contributed by atoms with E-state index in [1.54, 1.807) is 0 Å². The topological polar surface area (TPSA) is 71.3 Å². The van der Waals surface area contributed by atoms with Gasteiger partial charge in [-0.05, 0) is 36.5 Å². The number of nitrogens with zero attached hydrogens (tertiary/aromatic N) is 5. The van der Waals surface area contributed by atoms with Gasteiger partial charge in [-0.25, -0.2) is 0 Å². The van der Waals surface area contributed by atoms with Crippen molar-refractivity contribution < 1.29 is 9.59 Å². The highest BCUT2D eigenvalue weighted by molar-refractivity contribution is 6.30. The van der Waals surface area contributed by atoms with E-state index in [0.29, 0.717) is 49.3 Å². The van der Waals surface area contributed by atoms with Gasteiger partial charge in [0.15, 0.2) is 5.82 Å². The summed E-state index contributed by atoms with van der Waals surface area (Å²) in [4.78, 5) is 28.9. The minimum Gasteiger partial charge on any atom is -0.343 e. The maximum atomic E-state index is 12.8. The average Bonchev–Trinajstić information content (AvgIpc) is 3.16. The van der Waals surface area contributed by atoms with Gasteiger partial charge in [0.2, 0.25) is 11.8 Å². The van der Waals surface area contributed by atoms with E-state index in [1.165, 1.54) is 0 Å². The molecule has 0 bridgehead atoms. The molecule has 0 radical (unpaired) electrons. The molecule has 1 aromatic heterocycles. The standard InChI is InChI=1S/C23H30ClN5O2/c1-16(2)12-21(30)27-8-6-18(7-9-27)23-26-25-20-15-28(10-11-29(20)23)22(31)14-17-4-3-5-19(24)13-17/h3-5,13,16,18H,6-12,14-15H2,1-2H3. The maximum absolute atomic E-state index is 12.8. The molecule has 4 rings (SSSR count). The third-order valence-corrected chi connectivity index (χ3v) is 6.41. The van der Waals surface area contributed by atoms with Gasteiger partial charge in [-0.15, -0.1) is 10.2 Å². The third-order valence-electron chi connectivity index (χ3n) is 6.17. The molecule has 2 aliphatic rings. The number of carbonyl (C=O) groups is 2. The predicted octanol–water partition coefficient (Wildman–Crippen LogP) is 3.27. The largest absolute Gasteiger partial charge is 0.343 e. The lowest BCUT2D eigenvalue weighted by molar-refractivity contribution is -0.133. The van der Waals surface area contributed by atoms with E-state index in [0.717, 1.165) is 43.1 Å². The Morgan fingerprint density at radius 2 is 1.84 bits per heavy atom. The third kappa shape index (κ3) is 5.09. The van der Waals surface area contributed by atoms with Crippen molar-refractivity contribution in [3.8, 4) is 0 Å². The molecule has 31 heavy (non-hydrogen) atoms. The first kappa shape index (κ1) is 21.8. The van der Waals surface area contributed by atoms with Gasteiger partial charge in [0.25, 0.3) is 0 Å². The summed E-state index contributed by atoms with van der Waals surface area (Å²) in [7, 11) is 0. The molecule has 166 valence electrons. The van der Waals surface area contributed by atoms with Crippen LogP contribution in [0.2, 0.25) is 5.02 Å². The highest BCUT2D eigenvalue weighted by Crippen LogP contribution is 2.29. The molecule has 7 nitrogen and oxygen atoms in total. The Morgan fingerprint density at radius 1 is 1.06 bits per heavy atom. The fourth-order valence-electron chi connectivity index (χ4n) is 4.49. The lowest BCUT2D eigenvalue weighted by Gasteiger charge is -2.33. The van der Waals surface area contributed by atoms with Crippen molar-refractivity contribution in [1.82, 2.24) is 24.6 Å². The molecule has 2 aliphatic heterocycles. The Balaban J connectivity index is 1.35. The Morgan fingerprint density at radius 3 is 2.55 bits per heavy atom. The van der Waals surface area contributed by atoms with Gasteiger partial charge in [0.05, 0.1) is 13.0 Å². The van der Waals surface area contributed by atoms with E-state index in [-0.39, 0.29) is 11.8 Å². The lowest BCUT2D eigenvalue weighted by Crippen LogP contribution is -2.41. The molecule has 2 aromatic rings. The van der Waals surface area contributed by atoms with Crippen LogP contribution in [0.1, 0.15) is 56.2 Å². The van der Waals surface area contributed by atoms with Crippen LogP contribution in [0.5, 0.6) is 0 Å². The van der Waals surface area contributed by atoms with Gasteiger partial charge in [0, 0.05) is 43.5 Å². The number of amides is 2. The number of hydrogen-bond donors (Lipinski definition) is 0. The molecule has 2 amide bonds. The molecule has 0 spiro atoms. The van der Waals surface area contributed by atoms with E-state index in [1.807, 2.05) is 34.1 Å². The number of piperidine rings is 1. The van der Waals surface area contributed by atoms with E-state index in [2.05, 4.69) is 28.6 Å². The zero-order valence-corrected chi connectivity index (χ0v) is 19.0. The number of hydrogen-bond acceptors (Lipinski definition) is 4. The van der Waals surface area contributed by atoms with E-state index >= 15 is 0 Å². The first-order valence-corrected chi connectivity index (χ1v) is 11.5. The molecule has 3 heterocycles. The summed E-state index contributed by atoms with van der Waals surface area (Å²) < 4.78 is 2.18. The zero-order chi connectivity index (χ0) is 22.0. The summed E-state index contributed by atoms with van der Waals surface area (Å²) in [6.07, 6.45) is 2.78. The van der Waals surface area contributed by atoms with Crippen molar-refractivity contribution in [2.45, 2.75) is 58.5 Å². The molecule has 0 saturated carbocycles. The SMILES string of the molecule is CC(C)CC(=O)N1CCC(c2nnc3n2CCN(C(=O)Cc2cccc(Cl)c2)C3)CC1. The molecule has 0 N–H and O–H groups in total. The van der Waals surface area contributed by atoms with Crippen molar-refractivity contribution in [2.24, 2.45) is 5.92 Å². The van der Waals surface area contributed by atoms with E-state index < -0.39 is 0 Å². The van der Waals surface area contributed by atoms with Crippen molar-refractivity contribution in [2.75, 3.05) is 19.6 Å². The number of halogens is 1. The summed E-state index contributed by atoms with van der Waals surface area (Å²) >= 11 is 6.04. The normalized spacial score (nSPS) is 17.2. The second-order valence-electron chi connectivity index (χ2n) is 9.00. The van der Waals surface area contributed by atoms with Gasteiger partial charge < -0.3 is 14.4 Å². The van der Waals surface area contributed by atoms with Crippen LogP contribution in [-0.4, -0.2) is 56.0 Å². The number of rotatable bonds is 5. The van der Waals surface area contributed by atoms with Crippen molar-refractivity contribution in [3.63, 3.8) is 0 Å². The van der Waals surface area contributed by atoms with Gasteiger partial charge in [-0.1, -0.05) is 37.6 Å². The molecule has 8 heteroatoms. The molecule has 1 fully saturated rings. The van der Waals surface area contributed by atoms with Crippen LogP contribution in [0.15, 0.2) is 24.3 Å². The summed E-state index contributed by atoms with van der Waals surface area (Å²) in [5, 5.41) is 9.52. The summed E-state index contributed by atoms with van der Waals surface area (Å²) in [5.74, 6) is 2.89. The van der Waals surface area contributed by atoms with Crippen molar-refractivity contribution in [3.05, 3.63) is 46.5 Å². The molecule has 0 atom stereocenters. The summed E-state index contributed by atoms with van der Waals surface area (Å²) in [6.45, 7) is 7.57.